The Morgan fingerprint density at radius 3 is 2.41 bits per heavy atom. The lowest BCUT2D eigenvalue weighted by Gasteiger charge is -2.16. The van der Waals surface area contributed by atoms with Gasteiger partial charge in [-0.1, -0.05) is 17.7 Å². The lowest BCUT2D eigenvalue weighted by Crippen LogP contribution is -2.32. The Bertz CT molecular complexity index is 1120. The number of benzene rings is 2. The van der Waals surface area contributed by atoms with Crippen molar-refractivity contribution in [2.24, 2.45) is 0 Å². The fourth-order valence-electron chi connectivity index (χ4n) is 3.16. The Balaban J connectivity index is 1.78. The minimum atomic E-state index is -0.405. The monoisotopic (exact) mass is 424 g/mol. The molecule has 3 aromatic rings. The van der Waals surface area contributed by atoms with Gasteiger partial charge in [-0.25, -0.2) is 4.90 Å². The number of imide groups is 1. The minimum absolute atomic E-state index is 0.249. The van der Waals surface area contributed by atoms with Crippen molar-refractivity contribution in [1.29, 1.82) is 0 Å². The molecule has 2 amide bonds. The predicted molar refractivity (Wildman–Crippen MR) is 117 cm³/mol. The van der Waals surface area contributed by atoms with Crippen molar-refractivity contribution in [3.05, 3.63) is 81.1 Å². The molecule has 1 N–H and O–H groups in total. The Hall–Kier alpha value is -3.09. The van der Waals surface area contributed by atoms with Crippen molar-refractivity contribution in [3.63, 3.8) is 0 Å². The molecular formula is C22H17ClN2O3S. The van der Waals surface area contributed by atoms with E-state index in [-0.39, 0.29) is 11.6 Å². The van der Waals surface area contributed by atoms with Crippen LogP contribution in [0.5, 0.6) is 5.75 Å². The molecule has 7 heteroatoms. The Morgan fingerprint density at radius 2 is 1.79 bits per heavy atom. The number of carbonyl (C=O) groups excluding carboxylic acids is 2. The van der Waals surface area contributed by atoms with Crippen LogP contribution in [0.2, 0.25) is 5.02 Å². The number of amides is 2. The molecule has 1 aliphatic heterocycles. The van der Waals surface area contributed by atoms with Gasteiger partial charge in [-0.2, -0.15) is 0 Å². The maximum absolute atomic E-state index is 13.3. The molecule has 0 fully saturated rings. The fourth-order valence-corrected chi connectivity index (χ4v) is 4.16. The van der Waals surface area contributed by atoms with E-state index in [0.29, 0.717) is 22.0 Å². The van der Waals surface area contributed by atoms with Gasteiger partial charge in [0.15, 0.2) is 0 Å². The summed E-state index contributed by atoms with van der Waals surface area (Å²) in [4.78, 5) is 28.5. The zero-order valence-corrected chi connectivity index (χ0v) is 17.3. The molecule has 146 valence electrons. The zero-order valence-electron chi connectivity index (χ0n) is 15.7. The average molecular weight is 425 g/mol. The number of halogens is 1. The molecular weight excluding hydrogens is 408 g/mol. The SMILES string of the molecule is COc1ccc(N2C(=O)C(Nc3ccc(Cl)cc3C)=C(c3cccs3)C2=O)cc1. The summed E-state index contributed by atoms with van der Waals surface area (Å²) in [6.07, 6.45) is 0. The number of anilines is 2. The van der Waals surface area contributed by atoms with Crippen LogP contribution in [-0.4, -0.2) is 18.9 Å². The molecule has 29 heavy (non-hydrogen) atoms. The van der Waals surface area contributed by atoms with E-state index in [1.165, 1.54) is 16.2 Å². The van der Waals surface area contributed by atoms with Gasteiger partial charge in [-0.05, 0) is 66.4 Å². The summed E-state index contributed by atoms with van der Waals surface area (Å²) in [6.45, 7) is 1.89. The average Bonchev–Trinajstić information content (AvgIpc) is 3.31. The van der Waals surface area contributed by atoms with Crippen molar-refractivity contribution in [2.75, 3.05) is 17.3 Å². The first-order valence-corrected chi connectivity index (χ1v) is 10.1. The number of methoxy groups -OCH3 is 1. The highest BCUT2D eigenvalue weighted by atomic mass is 35.5. The topological polar surface area (TPSA) is 58.6 Å². The third-order valence-electron chi connectivity index (χ3n) is 4.63. The quantitative estimate of drug-likeness (QED) is 0.578. The van der Waals surface area contributed by atoms with E-state index in [1.54, 1.807) is 49.6 Å². The molecule has 1 aromatic heterocycles. The maximum atomic E-state index is 13.3. The summed E-state index contributed by atoms with van der Waals surface area (Å²) in [7, 11) is 1.56. The third-order valence-corrected chi connectivity index (χ3v) is 5.75. The summed E-state index contributed by atoms with van der Waals surface area (Å²) >= 11 is 7.46. The molecule has 0 bridgehead atoms. The van der Waals surface area contributed by atoms with Crippen LogP contribution in [0, 0.1) is 6.92 Å². The second kappa shape index (κ2) is 7.73. The van der Waals surface area contributed by atoms with Crippen molar-refractivity contribution in [2.45, 2.75) is 6.92 Å². The van der Waals surface area contributed by atoms with Crippen molar-refractivity contribution in [3.8, 4) is 5.75 Å². The number of rotatable bonds is 5. The first-order valence-electron chi connectivity index (χ1n) is 8.83. The molecule has 0 saturated heterocycles. The summed E-state index contributed by atoms with van der Waals surface area (Å²) in [5, 5.41) is 5.65. The molecule has 0 unspecified atom stereocenters. The first kappa shape index (κ1) is 19.2. The van der Waals surface area contributed by atoms with Gasteiger partial charge in [0.2, 0.25) is 0 Å². The van der Waals surface area contributed by atoms with Gasteiger partial charge in [-0.3, -0.25) is 9.59 Å². The van der Waals surface area contributed by atoms with E-state index in [9.17, 15) is 9.59 Å². The number of carbonyl (C=O) groups is 2. The van der Waals surface area contributed by atoms with Crippen LogP contribution in [0.25, 0.3) is 5.57 Å². The lowest BCUT2D eigenvalue weighted by atomic mass is 10.1. The maximum Gasteiger partial charge on any atom is 0.282 e. The molecule has 5 nitrogen and oxygen atoms in total. The van der Waals surface area contributed by atoms with Gasteiger partial charge in [-0.15, -0.1) is 11.3 Å². The predicted octanol–water partition coefficient (Wildman–Crippen LogP) is 5.12. The van der Waals surface area contributed by atoms with Gasteiger partial charge < -0.3 is 10.1 Å². The number of nitrogens with zero attached hydrogens (tertiary/aromatic N) is 1. The third kappa shape index (κ3) is 3.52. The van der Waals surface area contributed by atoms with Crippen LogP contribution >= 0.6 is 22.9 Å². The van der Waals surface area contributed by atoms with Crippen molar-refractivity contribution >= 4 is 51.7 Å². The highest BCUT2D eigenvalue weighted by molar-refractivity contribution is 7.11. The Morgan fingerprint density at radius 1 is 1.03 bits per heavy atom. The molecule has 2 aromatic carbocycles. The molecule has 4 rings (SSSR count). The van der Waals surface area contributed by atoms with E-state index in [0.717, 1.165) is 16.1 Å². The summed E-state index contributed by atoms with van der Waals surface area (Å²) in [5.74, 6) is -0.121. The van der Waals surface area contributed by atoms with E-state index in [4.69, 9.17) is 16.3 Å². The molecule has 0 aliphatic carbocycles. The number of nitrogens with one attached hydrogen (secondary N) is 1. The Labute approximate surface area is 177 Å². The van der Waals surface area contributed by atoms with Crippen LogP contribution in [-0.2, 0) is 9.59 Å². The summed E-state index contributed by atoms with van der Waals surface area (Å²) in [6, 6.07) is 15.8. The molecule has 0 saturated carbocycles. The number of aryl methyl sites for hydroxylation is 1. The van der Waals surface area contributed by atoms with Gasteiger partial charge in [0.05, 0.1) is 18.4 Å². The van der Waals surface area contributed by atoms with Crippen LogP contribution in [0.15, 0.2) is 65.7 Å². The summed E-state index contributed by atoms with van der Waals surface area (Å²) < 4.78 is 5.17. The first-order chi connectivity index (χ1) is 14.0. The van der Waals surface area contributed by atoms with E-state index < -0.39 is 5.91 Å². The highest BCUT2D eigenvalue weighted by Crippen LogP contribution is 2.36. The van der Waals surface area contributed by atoms with Gasteiger partial charge in [0.1, 0.15) is 11.4 Å². The van der Waals surface area contributed by atoms with Crippen molar-refractivity contribution < 1.29 is 14.3 Å². The Kier molecular flexibility index (Phi) is 5.13. The lowest BCUT2D eigenvalue weighted by molar-refractivity contribution is -0.120. The van der Waals surface area contributed by atoms with Gasteiger partial charge >= 0.3 is 0 Å². The molecule has 0 atom stereocenters. The summed E-state index contributed by atoms with van der Waals surface area (Å²) in [5.41, 5.74) is 2.68. The number of hydrogen-bond donors (Lipinski definition) is 1. The van der Waals surface area contributed by atoms with Crippen LogP contribution in [0.3, 0.4) is 0 Å². The van der Waals surface area contributed by atoms with Gasteiger partial charge in [0, 0.05) is 15.6 Å². The zero-order chi connectivity index (χ0) is 20.5. The molecule has 2 heterocycles. The van der Waals surface area contributed by atoms with E-state index in [1.807, 2.05) is 24.4 Å². The van der Waals surface area contributed by atoms with Crippen LogP contribution in [0.4, 0.5) is 11.4 Å². The fraction of sp³-hybridized carbons (Fsp3) is 0.0909. The second-order valence-corrected chi connectivity index (χ2v) is 7.84. The minimum Gasteiger partial charge on any atom is -0.497 e. The van der Waals surface area contributed by atoms with Crippen LogP contribution in [0.1, 0.15) is 10.4 Å². The highest BCUT2D eigenvalue weighted by Gasteiger charge is 2.40. The molecule has 0 radical (unpaired) electrons. The normalized spacial score (nSPS) is 14.0. The van der Waals surface area contributed by atoms with Gasteiger partial charge in [0.25, 0.3) is 11.8 Å². The number of hydrogen-bond acceptors (Lipinski definition) is 5. The molecule has 0 spiro atoms. The number of ether oxygens (including phenoxy) is 1. The van der Waals surface area contributed by atoms with E-state index >= 15 is 0 Å². The molecule has 1 aliphatic rings. The second-order valence-electron chi connectivity index (χ2n) is 6.46. The van der Waals surface area contributed by atoms with E-state index in [2.05, 4.69) is 5.32 Å². The smallest absolute Gasteiger partial charge is 0.282 e. The van der Waals surface area contributed by atoms with Crippen molar-refractivity contribution in [1.82, 2.24) is 0 Å². The number of thiophene rings is 1. The van der Waals surface area contributed by atoms with Crippen LogP contribution < -0.4 is 15.0 Å². The standard InChI is InChI=1S/C22H17ClN2O3S/c1-13-12-14(23)5-10-17(13)24-20-19(18-4-3-11-29-18)21(26)25(22(20)27)15-6-8-16(28-2)9-7-15/h3-12,24H,1-2H3. The largest absolute Gasteiger partial charge is 0.497 e.